The molecule has 1 atom stereocenters. The minimum absolute atomic E-state index is 0.300. The Morgan fingerprint density at radius 3 is 2.77 bits per heavy atom. The standard InChI is InChI=1S/C16H26N2O3S/c1-4-18-10-6-7-14(18)12-17-22(19,20)15-8-9-16(21-5-2)13(3)11-15/h8-9,11,14,17H,4-7,10,12H2,1-3H3. The molecule has 1 fully saturated rings. The SMILES string of the molecule is CCOc1ccc(S(=O)(=O)NCC2CCCN2CC)cc1C. The number of benzene rings is 1. The van der Waals surface area contributed by atoms with Crippen molar-refractivity contribution < 1.29 is 13.2 Å². The molecule has 1 aliphatic heterocycles. The summed E-state index contributed by atoms with van der Waals surface area (Å²) in [6.45, 7) is 8.96. The molecule has 1 aliphatic rings. The molecule has 1 aromatic rings. The smallest absolute Gasteiger partial charge is 0.240 e. The Morgan fingerprint density at radius 1 is 1.36 bits per heavy atom. The molecule has 5 nitrogen and oxygen atoms in total. The molecule has 6 heteroatoms. The van der Waals surface area contributed by atoms with E-state index in [0.717, 1.165) is 37.2 Å². The van der Waals surface area contributed by atoms with E-state index in [1.807, 2.05) is 13.8 Å². The van der Waals surface area contributed by atoms with E-state index < -0.39 is 10.0 Å². The van der Waals surface area contributed by atoms with E-state index >= 15 is 0 Å². The highest BCUT2D eigenvalue weighted by molar-refractivity contribution is 7.89. The molecule has 22 heavy (non-hydrogen) atoms. The minimum Gasteiger partial charge on any atom is -0.494 e. The molecule has 0 aromatic heterocycles. The first kappa shape index (κ1) is 17.2. The van der Waals surface area contributed by atoms with Gasteiger partial charge >= 0.3 is 0 Å². The zero-order valence-corrected chi connectivity index (χ0v) is 14.4. The number of hydrogen-bond acceptors (Lipinski definition) is 4. The molecule has 0 radical (unpaired) electrons. The fraction of sp³-hybridized carbons (Fsp3) is 0.625. The molecule has 0 bridgehead atoms. The fourth-order valence-corrected chi connectivity index (χ4v) is 4.10. The van der Waals surface area contributed by atoms with Crippen molar-refractivity contribution >= 4 is 10.0 Å². The monoisotopic (exact) mass is 326 g/mol. The predicted octanol–water partition coefficient (Wildman–Crippen LogP) is 2.16. The number of rotatable bonds is 7. The van der Waals surface area contributed by atoms with Gasteiger partial charge in [-0.1, -0.05) is 6.92 Å². The second-order valence-corrected chi connectivity index (χ2v) is 7.40. The van der Waals surface area contributed by atoms with Gasteiger partial charge in [-0.25, -0.2) is 13.1 Å². The van der Waals surface area contributed by atoms with Crippen LogP contribution in [0.25, 0.3) is 0 Å². The van der Waals surface area contributed by atoms with Crippen LogP contribution in [0.3, 0.4) is 0 Å². The lowest BCUT2D eigenvalue weighted by Gasteiger charge is -2.22. The third-order valence-corrected chi connectivity index (χ3v) is 5.59. The number of likely N-dealkylation sites (tertiary alicyclic amines) is 1. The highest BCUT2D eigenvalue weighted by Crippen LogP contribution is 2.22. The maximum atomic E-state index is 12.4. The summed E-state index contributed by atoms with van der Waals surface area (Å²) in [7, 11) is -3.47. The summed E-state index contributed by atoms with van der Waals surface area (Å²) in [5.41, 5.74) is 0.834. The third kappa shape index (κ3) is 4.00. The number of ether oxygens (including phenoxy) is 1. The first-order valence-corrected chi connectivity index (χ1v) is 9.43. The maximum absolute atomic E-state index is 12.4. The number of sulfonamides is 1. The van der Waals surface area contributed by atoms with E-state index in [2.05, 4.69) is 16.5 Å². The van der Waals surface area contributed by atoms with Gasteiger partial charge < -0.3 is 4.74 Å². The van der Waals surface area contributed by atoms with Crippen LogP contribution in [0.2, 0.25) is 0 Å². The number of nitrogens with one attached hydrogen (secondary N) is 1. The highest BCUT2D eigenvalue weighted by Gasteiger charge is 2.25. The van der Waals surface area contributed by atoms with Gasteiger partial charge in [-0.3, -0.25) is 4.90 Å². The maximum Gasteiger partial charge on any atom is 0.240 e. The van der Waals surface area contributed by atoms with Crippen LogP contribution in [0.1, 0.15) is 32.3 Å². The molecule has 124 valence electrons. The molecular formula is C16H26N2O3S. The lowest BCUT2D eigenvalue weighted by molar-refractivity contribution is 0.268. The van der Waals surface area contributed by atoms with Crippen molar-refractivity contribution in [1.29, 1.82) is 0 Å². The van der Waals surface area contributed by atoms with Crippen molar-refractivity contribution in [2.45, 2.75) is 44.6 Å². The van der Waals surface area contributed by atoms with Gasteiger partial charge in [-0.15, -0.1) is 0 Å². The minimum atomic E-state index is -3.47. The quantitative estimate of drug-likeness (QED) is 0.834. The molecule has 0 amide bonds. The van der Waals surface area contributed by atoms with Crippen LogP contribution >= 0.6 is 0 Å². The van der Waals surface area contributed by atoms with E-state index in [0.29, 0.717) is 24.1 Å². The Labute approximate surface area is 133 Å². The lowest BCUT2D eigenvalue weighted by Crippen LogP contribution is -2.40. The normalized spacial score (nSPS) is 19.5. The second kappa shape index (κ2) is 7.44. The lowest BCUT2D eigenvalue weighted by atomic mass is 10.2. The first-order chi connectivity index (χ1) is 10.5. The summed E-state index contributed by atoms with van der Waals surface area (Å²) in [5.74, 6) is 0.731. The molecular weight excluding hydrogens is 300 g/mol. The predicted molar refractivity (Wildman–Crippen MR) is 87.8 cm³/mol. The third-order valence-electron chi connectivity index (χ3n) is 4.17. The van der Waals surface area contributed by atoms with Crippen molar-refractivity contribution in [3.8, 4) is 5.75 Å². The van der Waals surface area contributed by atoms with Crippen LogP contribution in [-0.4, -0.2) is 45.6 Å². The van der Waals surface area contributed by atoms with E-state index in [1.165, 1.54) is 0 Å². The van der Waals surface area contributed by atoms with Gasteiger partial charge in [0, 0.05) is 12.6 Å². The summed E-state index contributed by atoms with van der Waals surface area (Å²) in [6, 6.07) is 5.30. The number of aryl methyl sites for hydroxylation is 1. The van der Waals surface area contributed by atoms with Gasteiger partial charge in [0.1, 0.15) is 5.75 Å². The molecule has 1 N–H and O–H groups in total. The van der Waals surface area contributed by atoms with Crippen molar-refractivity contribution in [3.05, 3.63) is 23.8 Å². The van der Waals surface area contributed by atoms with Crippen LogP contribution in [-0.2, 0) is 10.0 Å². The fourth-order valence-electron chi connectivity index (χ4n) is 2.94. The average Bonchev–Trinajstić information content (AvgIpc) is 2.95. The Hall–Kier alpha value is -1.11. The van der Waals surface area contributed by atoms with Crippen molar-refractivity contribution in [1.82, 2.24) is 9.62 Å². The van der Waals surface area contributed by atoms with Crippen LogP contribution in [0, 0.1) is 6.92 Å². The molecule has 0 saturated carbocycles. The highest BCUT2D eigenvalue weighted by atomic mass is 32.2. The molecule has 1 aromatic carbocycles. The molecule has 1 unspecified atom stereocenters. The van der Waals surface area contributed by atoms with Gasteiger partial charge in [-0.2, -0.15) is 0 Å². The van der Waals surface area contributed by atoms with Gasteiger partial charge in [0.25, 0.3) is 0 Å². The van der Waals surface area contributed by atoms with Crippen molar-refractivity contribution in [2.24, 2.45) is 0 Å². The van der Waals surface area contributed by atoms with E-state index in [9.17, 15) is 8.42 Å². The Bertz CT molecular complexity index is 601. The van der Waals surface area contributed by atoms with E-state index in [4.69, 9.17) is 4.74 Å². The zero-order valence-electron chi connectivity index (χ0n) is 13.6. The average molecular weight is 326 g/mol. The molecule has 0 aliphatic carbocycles. The molecule has 1 heterocycles. The summed E-state index contributed by atoms with van der Waals surface area (Å²) in [5, 5.41) is 0. The topological polar surface area (TPSA) is 58.6 Å². The van der Waals surface area contributed by atoms with Crippen molar-refractivity contribution in [2.75, 3.05) is 26.2 Å². The molecule has 0 spiro atoms. The van der Waals surface area contributed by atoms with Gasteiger partial charge in [0.2, 0.25) is 10.0 Å². The molecule has 2 rings (SSSR count). The summed E-state index contributed by atoms with van der Waals surface area (Å²) in [4.78, 5) is 2.63. The largest absolute Gasteiger partial charge is 0.494 e. The summed E-state index contributed by atoms with van der Waals surface area (Å²) < 4.78 is 33.1. The Kier molecular flexibility index (Phi) is 5.83. The van der Waals surface area contributed by atoms with Gasteiger partial charge in [0.05, 0.1) is 11.5 Å². The number of likely N-dealkylation sites (N-methyl/N-ethyl adjacent to an activating group) is 1. The number of hydrogen-bond donors (Lipinski definition) is 1. The van der Waals surface area contributed by atoms with Crippen LogP contribution in [0.4, 0.5) is 0 Å². The van der Waals surface area contributed by atoms with E-state index in [1.54, 1.807) is 18.2 Å². The summed E-state index contributed by atoms with van der Waals surface area (Å²) >= 11 is 0. The Morgan fingerprint density at radius 2 is 2.14 bits per heavy atom. The number of nitrogens with zero attached hydrogens (tertiary/aromatic N) is 1. The second-order valence-electron chi connectivity index (χ2n) is 5.64. The zero-order chi connectivity index (χ0) is 16.2. The Balaban J connectivity index is 2.05. The van der Waals surface area contributed by atoms with E-state index in [-0.39, 0.29) is 0 Å². The van der Waals surface area contributed by atoms with Crippen LogP contribution < -0.4 is 9.46 Å². The molecule has 1 saturated heterocycles. The summed E-state index contributed by atoms with van der Waals surface area (Å²) in [6.07, 6.45) is 2.20. The van der Waals surface area contributed by atoms with Crippen LogP contribution in [0.15, 0.2) is 23.1 Å². The van der Waals surface area contributed by atoms with Gasteiger partial charge in [-0.05, 0) is 63.5 Å². The van der Waals surface area contributed by atoms with Crippen molar-refractivity contribution in [3.63, 3.8) is 0 Å². The van der Waals surface area contributed by atoms with Crippen LogP contribution in [0.5, 0.6) is 5.75 Å². The van der Waals surface area contributed by atoms with Gasteiger partial charge in [0.15, 0.2) is 0 Å². The first-order valence-electron chi connectivity index (χ1n) is 7.95.